The molecule has 4 heterocycles. The molecule has 35 heavy (non-hydrogen) atoms. The fourth-order valence-corrected chi connectivity index (χ4v) is 5.61. The smallest absolute Gasteiger partial charge is 0.410 e. The molecule has 0 spiro atoms. The van der Waals surface area contributed by atoms with Crippen LogP contribution in [-0.2, 0) is 20.9 Å². The van der Waals surface area contributed by atoms with Gasteiger partial charge in [0.1, 0.15) is 11.6 Å². The lowest BCUT2D eigenvalue weighted by atomic mass is 9.87. The van der Waals surface area contributed by atoms with Crippen LogP contribution in [0, 0.1) is 0 Å². The third-order valence-corrected chi connectivity index (χ3v) is 7.56. The Morgan fingerprint density at radius 2 is 1.77 bits per heavy atom. The third-order valence-electron chi connectivity index (χ3n) is 7.56. The summed E-state index contributed by atoms with van der Waals surface area (Å²) in [7, 11) is 0. The van der Waals surface area contributed by atoms with Crippen molar-refractivity contribution in [1.82, 2.24) is 20.0 Å². The van der Waals surface area contributed by atoms with E-state index >= 15 is 0 Å². The van der Waals surface area contributed by atoms with Gasteiger partial charge in [-0.1, -0.05) is 12.1 Å². The predicted molar refractivity (Wildman–Crippen MR) is 128 cm³/mol. The highest BCUT2D eigenvalue weighted by Gasteiger charge is 2.40. The predicted octanol–water partition coefficient (Wildman–Crippen LogP) is 2.25. The SMILES string of the molecule is CC(C)(C)OC(=O)N1CCC(N2CC(c3ccc4c(c3)CN(C3CCC(=O)NC3=O)C4=O)C2)CC1. The molecule has 4 amide bonds. The Hall–Kier alpha value is -2.94. The number of benzene rings is 1. The van der Waals surface area contributed by atoms with Crippen LogP contribution in [0.3, 0.4) is 0 Å². The first-order valence-electron chi connectivity index (χ1n) is 12.6. The van der Waals surface area contributed by atoms with E-state index in [1.165, 1.54) is 5.56 Å². The molecule has 188 valence electrons. The fraction of sp³-hybridized carbons (Fsp3) is 0.615. The number of hydrogen-bond acceptors (Lipinski definition) is 6. The van der Waals surface area contributed by atoms with Crippen molar-refractivity contribution in [3.05, 3.63) is 34.9 Å². The van der Waals surface area contributed by atoms with Crippen molar-refractivity contribution in [1.29, 1.82) is 0 Å². The van der Waals surface area contributed by atoms with Gasteiger partial charge in [-0.15, -0.1) is 0 Å². The number of imide groups is 1. The Morgan fingerprint density at radius 3 is 2.43 bits per heavy atom. The summed E-state index contributed by atoms with van der Waals surface area (Å²) in [4.78, 5) is 54.9. The summed E-state index contributed by atoms with van der Waals surface area (Å²) in [6, 6.07) is 5.94. The van der Waals surface area contributed by atoms with Crippen LogP contribution >= 0.6 is 0 Å². The summed E-state index contributed by atoms with van der Waals surface area (Å²) in [6.45, 7) is 9.46. The number of likely N-dealkylation sites (tertiary alicyclic amines) is 2. The number of amides is 4. The second-order valence-corrected chi connectivity index (χ2v) is 11.2. The number of carbonyl (C=O) groups is 4. The number of piperidine rings is 2. The van der Waals surface area contributed by atoms with Crippen molar-refractivity contribution in [2.45, 2.75) is 76.6 Å². The van der Waals surface area contributed by atoms with E-state index in [2.05, 4.69) is 16.3 Å². The van der Waals surface area contributed by atoms with Crippen LogP contribution in [-0.4, -0.2) is 82.4 Å². The summed E-state index contributed by atoms with van der Waals surface area (Å²) < 4.78 is 5.50. The summed E-state index contributed by atoms with van der Waals surface area (Å²) in [6.07, 6.45) is 2.31. The standard InChI is InChI=1S/C26H34N4O5/c1-26(2,3)35-25(34)28-10-8-19(9-11-28)29-13-18(14-29)16-4-5-20-17(12-16)15-30(24(20)33)21-6-7-22(31)27-23(21)32/h4-5,12,18-19,21H,6-11,13-15H2,1-3H3,(H,27,31,32). The maximum absolute atomic E-state index is 12.9. The Kier molecular flexibility index (Phi) is 6.07. The normalized spacial score (nSPS) is 24.3. The molecule has 1 atom stereocenters. The molecule has 1 N–H and O–H groups in total. The number of ether oxygens (including phenoxy) is 1. The molecule has 0 radical (unpaired) electrons. The molecular weight excluding hydrogens is 448 g/mol. The molecule has 0 saturated carbocycles. The number of fused-ring (bicyclic) bond motifs is 1. The summed E-state index contributed by atoms with van der Waals surface area (Å²) >= 11 is 0. The van der Waals surface area contributed by atoms with Crippen molar-refractivity contribution in [3.63, 3.8) is 0 Å². The van der Waals surface area contributed by atoms with Crippen LogP contribution in [0.2, 0.25) is 0 Å². The number of nitrogens with zero attached hydrogens (tertiary/aromatic N) is 3. The topological polar surface area (TPSA) is 99.3 Å². The average molecular weight is 483 g/mol. The molecule has 9 nitrogen and oxygen atoms in total. The lowest BCUT2D eigenvalue weighted by Crippen LogP contribution is -2.55. The fourth-order valence-electron chi connectivity index (χ4n) is 5.61. The molecule has 1 aromatic rings. The molecule has 5 rings (SSSR count). The van der Waals surface area contributed by atoms with Crippen LogP contribution in [0.1, 0.15) is 73.9 Å². The molecule has 4 aliphatic heterocycles. The Morgan fingerprint density at radius 1 is 1.06 bits per heavy atom. The van der Waals surface area contributed by atoms with Crippen molar-refractivity contribution >= 4 is 23.8 Å². The molecular formula is C26H34N4O5. The number of rotatable bonds is 3. The second-order valence-electron chi connectivity index (χ2n) is 11.2. The van der Waals surface area contributed by atoms with Gasteiger partial charge in [-0.05, 0) is 57.2 Å². The highest BCUT2D eigenvalue weighted by molar-refractivity contribution is 6.05. The van der Waals surface area contributed by atoms with Gasteiger partial charge in [-0.3, -0.25) is 24.6 Å². The molecule has 3 saturated heterocycles. The van der Waals surface area contributed by atoms with E-state index in [1.807, 2.05) is 37.8 Å². The number of hydrogen-bond donors (Lipinski definition) is 1. The first kappa shape index (κ1) is 23.8. The van der Waals surface area contributed by atoms with Gasteiger partial charge in [0.15, 0.2) is 0 Å². The highest BCUT2D eigenvalue weighted by Crippen LogP contribution is 2.35. The Bertz CT molecular complexity index is 1050. The van der Waals surface area contributed by atoms with Crippen LogP contribution < -0.4 is 5.32 Å². The third kappa shape index (κ3) is 4.78. The van der Waals surface area contributed by atoms with Crippen molar-refractivity contribution in [3.8, 4) is 0 Å². The minimum absolute atomic E-state index is 0.131. The molecule has 1 aromatic carbocycles. The van der Waals surface area contributed by atoms with Gasteiger partial charge in [0.05, 0.1) is 0 Å². The molecule has 4 aliphatic rings. The zero-order valence-corrected chi connectivity index (χ0v) is 20.7. The molecule has 3 fully saturated rings. The van der Waals surface area contributed by atoms with E-state index in [1.54, 1.807) is 4.90 Å². The van der Waals surface area contributed by atoms with Crippen LogP contribution in [0.4, 0.5) is 4.79 Å². The molecule has 1 unspecified atom stereocenters. The number of carbonyl (C=O) groups excluding carboxylic acids is 4. The van der Waals surface area contributed by atoms with Crippen LogP contribution in [0.5, 0.6) is 0 Å². The van der Waals surface area contributed by atoms with E-state index in [4.69, 9.17) is 4.74 Å². The van der Waals surface area contributed by atoms with E-state index in [-0.39, 0.29) is 30.2 Å². The first-order chi connectivity index (χ1) is 16.6. The second kappa shape index (κ2) is 8.93. The number of nitrogens with one attached hydrogen (secondary N) is 1. The minimum atomic E-state index is -0.582. The van der Waals surface area contributed by atoms with Gasteiger partial charge in [-0.2, -0.15) is 0 Å². The molecule has 0 aromatic heterocycles. The largest absolute Gasteiger partial charge is 0.444 e. The molecule has 0 aliphatic carbocycles. The quantitative estimate of drug-likeness (QED) is 0.664. The highest BCUT2D eigenvalue weighted by atomic mass is 16.6. The van der Waals surface area contributed by atoms with Gasteiger partial charge < -0.3 is 14.5 Å². The summed E-state index contributed by atoms with van der Waals surface area (Å²) in [5.74, 6) is -0.366. The maximum atomic E-state index is 12.9. The summed E-state index contributed by atoms with van der Waals surface area (Å²) in [5, 5.41) is 2.35. The van der Waals surface area contributed by atoms with E-state index in [0.717, 1.165) is 44.6 Å². The average Bonchev–Trinajstić information content (AvgIpc) is 3.08. The van der Waals surface area contributed by atoms with Gasteiger partial charge in [0.25, 0.3) is 5.91 Å². The van der Waals surface area contributed by atoms with Gasteiger partial charge in [0.2, 0.25) is 11.8 Å². The molecule has 9 heteroatoms. The van der Waals surface area contributed by atoms with Crippen LogP contribution in [0.15, 0.2) is 18.2 Å². The van der Waals surface area contributed by atoms with Crippen molar-refractivity contribution in [2.24, 2.45) is 0 Å². The van der Waals surface area contributed by atoms with Crippen molar-refractivity contribution in [2.75, 3.05) is 26.2 Å². The minimum Gasteiger partial charge on any atom is -0.444 e. The Balaban J connectivity index is 1.14. The van der Waals surface area contributed by atoms with Gasteiger partial charge >= 0.3 is 6.09 Å². The zero-order chi connectivity index (χ0) is 24.9. The zero-order valence-electron chi connectivity index (χ0n) is 20.7. The monoisotopic (exact) mass is 482 g/mol. The lowest BCUT2D eigenvalue weighted by molar-refractivity contribution is -0.136. The van der Waals surface area contributed by atoms with Gasteiger partial charge in [0, 0.05) is 56.7 Å². The Labute approximate surface area is 205 Å². The van der Waals surface area contributed by atoms with E-state index < -0.39 is 11.6 Å². The summed E-state index contributed by atoms with van der Waals surface area (Å²) in [5.41, 5.74) is 2.37. The first-order valence-corrected chi connectivity index (χ1v) is 12.6. The maximum Gasteiger partial charge on any atom is 0.410 e. The van der Waals surface area contributed by atoms with E-state index in [9.17, 15) is 19.2 Å². The van der Waals surface area contributed by atoms with Crippen LogP contribution in [0.25, 0.3) is 0 Å². The molecule has 0 bridgehead atoms. The van der Waals surface area contributed by atoms with Gasteiger partial charge in [-0.25, -0.2) is 4.79 Å². The van der Waals surface area contributed by atoms with Crippen molar-refractivity contribution < 1.29 is 23.9 Å². The lowest BCUT2D eigenvalue weighted by Gasteiger charge is -2.47. The van der Waals surface area contributed by atoms with E-state index in [0.29, 0.717) is 30.5 Å².